The van der Waals surface area contributed by atoms with Gasteiger partial charge in [-0.3, -0.25) is 4.72 Å². The highest BCUT2D eigenvalue weighted by atomic mass is 32.2. The molecule has 0 spiro atoms. The first-order valence-corrected chi connectivity index (χ1v) is 7.18. The van der Waals surface area contributed by atoms with Crippen LogP contribution in [0.3, 0.4) is 0 Å². The lowest BCUT2D eigenvalue weighted by Gasteiger charge is -2.09. The highest BCUT2D eigenvalue weighted by Gasteiger charge is 2.00. The number of benzene rings is 1. The van der Waals surface area contributed by atoms with E-state index in [-0.39, 0.29) is 0 Å². The van der Waals surface area contributed by atoms with E-state index in [0.717, 1.165) is 24.4 Å². The summed E-state index contributed by atoms with van der Waals surface area (Å²) in [5.74, 6) is 1.83. The quantitative estimate of drug-likeness (QED) is 0.805. The van der Waals surface area contributed by atoms with E-state index in [2.05, 4.69) is 16.9 Å². The zero-order valence-electron chi connectivity index (χ0n) is 11.3. The molecule has 0 saturated carbocycles. The van der Waals surface area contributed by atoms with Gasteiger partial charge in [-0.2, -0.15) is 0 Å². The van der Waals surface area contributed by atoms with Gasteiger partial charge in [0.1, 0.15) is 11.5 Å². The van der Waals surface area contributed by atoms with Crippen LogP contribution in [-0.2, 0) is 0 Å². The summed E-state index contributed by atoms with van der Waals surface area (Å²) in [7, 11) is 1.91. The van der Waals surface area contributed by atoms with E-state index >= 15 is 0 Å². The Kier molecular flexibility index (Phi) is 7.30. The molecule has 0 amide bonds. The monoisotopic (exact) mass is 263 g/mol. The molecule has 1 aromatic carbocycles. The molecule has 1 aliphatic rings. The van der Waals surface area contributed by atoms with Gasteiger partial charge in [-0.25, -0.2) is 0 Å². The lowest BCUT2D eigenvalue weighted by Crippen LogP contribution is -1.95. The summed E-state index contributed by atoms with van der Waals surface area (Å²) in [6, 6.07) is 8.07. The smallest absolute Gasteiger partial charge is 0.127 e. The van der Waals surface area contributed by atoms with Gasteiger partial charge in [-0.1, -0.05) is 19.9 Å². The lowest BCUT2D eigenvalue weighted by atomic mass is 10.2. The molecular formula is C15H21NOS. The van der Waals surface area contributed by atoms with Crippen molar-refractivity contribution in [2.45, 2.75) is 31.6 Å². The van der Waals surface area contributed by atoms with Gasteiger partial charge < -0.3 is 4.74 Å². The largest absolute Gasteiger partial charge is 0.458 e. The van der Waals surface area contributed by atoms with Crippen molar-refractivity contribution in [3.8, 4) is 5.75 Å². The molecule has 0 fully saturated rings. The van der Waals surface area contributed by atoms with Crippen LogP contribution in [0.1, 0.15) is 26.7 Å². The van der Waals surface area contributed by atoms with Crippen LogP contribution in [-0.4, -0.2) is 7.05 Å². The first kappa shape index (κ1) is 14.9. The van der Waals surface area contributed by atoms with Crippen molar-refractivity contribution in [3.63, 3.8) is 0 Å². The van der Waals surface area contributed by atoms with Crippen molar-refractivity contribution in [2.24, 2.45) is 0 Å². The van der Waals surface area contributed by atoms with E-state index in [1.165, 1.54) is 4.90 Å². The number of ether oxygens (including phenoxy) is 1. The van der Waals surface area contributed by atoms with Crippen molar-refractivity contribution in [1.82, 2.24) is 4.72 Å². The van der Waals surface area contributed by atoms with Crippen LogP contribution in [0.2, 0.25) is 0 Å². The van der Waals surface area contributed by atoms with Crippen molar-refractivity contribution >= 4 is 11.9 Å². The number of allylic oxidation sites excluding steroid dienone is 3. The molecule has 0 atom stereocenters. The summed E-state index contributed by atoms with van der Waals surface area (Å²) in [6.07, 6.45) is 8.47. The SMILES string of the molecule is CC.CNSc1ccc(OC2=CCCC=C2)cc1. The van der Waals surface area contributed by atoms with Crippen LogP contribution >= 0.6 is 11.9 Å². The Morgan fingerprint density at radius 1 is 1.11 bits per heavy atom. The molecule has 0 saturated heterocycles. The third kappa shape index (κ3) is 4.98. The van der Waals surface area contributed by atoms with Gasteiger partial charge in [0.05, 0.1) is 0 Å². The Hall–Kier alpha value is -1.19. The first-order chi connectivity index (χ1) is 8.88. The molecular weight excluding hydrogens is 242 g/mol. The summed E-state index contributed by atoms with van der Waals surface area (Å²) < 4.78 is 8.77. The molecule has 2 rings (SSSR count). The lowest BCUT2D eigenvalue weighted by molar-refractivity contribution is 0.439. The highest BCUT2D eigenvalue weighted by Crippen LogP contribution is 2.21. The molecule has 1 aromatic rings. The Bertz CT molecular complexity index is 395. The number of hydrogen-bond acceptors (Lipinski definition) is 3. The molecule has 1 aliphatic carbocycles. The summed E-state index contributed by atoms with van der Waals surface area (Å²) in [5.41, 5.74) is 0. The van der Waals surface area contributed by atoms with Crippen molar-refractivity contribution in [2.75, 3.05) is 7.05 Å². The third-order valence-electron chi connectivity index (χ3n) is 2.24. The molecule has 0 aliphatic heterocycles. The average molecular weight is 263 g/mol. The number of nitrogens with one attached hydrogen (secondary N) is 1. The van der Waals surface area contributed by atoms with Gasteiger partial charge in [0.2, 0.25) is 0 Å². The zero-order chi connectivity index (χ0) is 13.2. The van der Waals surface area contributed by atoms with Crippen LogP contribution < -0.4 is 9.46 Å². The molecule has 98 valence electrons. The van der Waals surface area contributed by atoms with Crippen LogP contribution in [0.25, 0.3) is 0 Å². The fourth-order valence-electron chi connectivity index (χ4n) is 1.49. The predicted octanol–water partition coefficient (Wildman–Crippen LogP) is 4.55. The van der Waals surface area contributed by atoms with Crippen molar-refractivity contribution in [3.05, 3.63) is 48.3 Å². The van der Waals surface area contributed by atoms with E-state index < -0.39 is 0 Å². The van der Waals surface area contributed by atoms with E-state index in [0.29, 0.717) is 0 Å². The predicted molar refractivity (Wildman–Crippen MR) is 79.8 cm³/mol. The van der Waals surface area contributed by atoms with Crippen molar-refractivity contribution in [1.29, 1.82) is 0 Å². The van der Waals surface area contributed by atoms with E-state index in [1.54, 1.807) is 11.9 Å². The van der Waals surface area contributed by atoms with Gasteiger partial charge in [-0.15, -0.1) is 0 Å². The molecule has 3 heteroatoms. The van der Waals surface area contributed by atoms with Gasteiger partial charge in [-0.05, 0) is 68.3 Å². The van der Waals surface area contributed by atoms with Gasteiger partial charge in [0.15, 0.2) is 0 Å². The van der Waals surface area contributed by atoms with Gasteiger partial charge in [0, 0.05) is 4.90 Å². The normalized spacial score (nSPS) is 13.4. The van der Waals surface area contributed by atoms with Gasteiger partial charge in [0.25, 0.3) is 0 Å². The standard InChI is InChI=1S/C13H15NOS.C2H6/c1-14-16-13-9-7-12(8-10-13)15-11-5-3-2-4-6-11;1-2/h3,5-10,14H,2,4H2,1H3;1-2H3. The molecule has 0 aromatic heterocycles. The van der Waals surface area contributed by atoms with E-state index in [1.807, 2.05) is 51.2 Å². The minimum Gasteiger partial charge on any atom is -0.458 e. The minimum atomic E-state index is 0.887. The molecule has 2 nitrogen and oxygen atoms in total. The molecule has 0 bridgehead atoms. The fraction of sp³-hybridized carbons (Fsp3) is 0.333. The summed E-state index contributed by atoms with van der Waals surface area (Å²) >= 11 is 1.60. The molecule has 0 unspecified atom stereocenters. The molecule has 0 heterocycles. The molecule has 18 heavy (non-hydrogen) atoms. The minimum absolute atomic E-state index is 0.887. The zero-order valence-corrected chi connectivity index (χ0v) is 12.1. The maximum Gasteiger partial charge on any atom is 0.127 e. The first-order valence-electron chi connectivity index (χ1n) is 6.37. The molecule has 1 N–H and O–H groups in total. The van der Waals surface area contributed by atoms with E-state index in [9.17, 15) is 0 Å². The third-order valence-corrected chi connectivity index (χ3v) is 2.95. The van der Waals surface area contributed by atoms with Gasteiger partial charge >= 0.3 is 0 Å². The van der Waals surface area contributed by atoms with Crippen LogP contribution in [0.15, 0.2) is 53.1 Å². The van der Waals surface area contributed by atoms with Crippen LogP contribution in [0.4, 0.5) is 0 Å². The Balaban J connectivity index is 0.000000771. The number of hydrogen-bond donors (Lipinski definition) is 1. The second-order valence-corrected chi connectivity index (χ2v) is 4.55. The second-order valence-electron chi connectivity index (χ2n) is 3.47. The van der Waals surface area contributed by atoms with Crippen molar-refractivity contribution < 1.29 is 4.74 Å². The highest BCUT2D eigenvalue weighted by molar-refractivity contribution is 7.97. The maximum absolute atomic E-state index is 5.73. The topological polar surface area (TPSA) is 21.3 Å². The summed E-state index contributed by atoms with van der Waals surface area (Å²) in [4.78, 5) is 1.18. The fourth-order valence-corrected chi connectivity index (χ4v) is 2.00. The summed E-state index contributed by atoms with van der Waals surface area (Å²) in [5, 5.41) is 0. The molecule has 0 radical (unpaired) electrons. The number of rotatable bonds is 4. The second kappa shape index (κ2) is 8.84. The Morgan fingerprint density at radius 3 is 2.39 bits per heavy atom. The Morgan fingerprint density at radius 2 is 1.83 bits per heavy atom. The van der Waals surface area contributed by atoms with Crippen LogP contribution in [0.5, 0.6) is 5.75 Å². The summed E-state index contributed by atoms with van der Waals surface area (Å²) in [6.45, 7) is 4.00. The Labute approximate surface area is 114 Å². The van der Waals surface area contributed by atoms with E-state index in [4.69, 9.17) is 4.74 Å². The van der Waals surface area contributed by atoms with Crippen LogP contribution in [0, 0.1) is 0 Å². The maximum atomic E-state index is 5.73. The average Bonchev–Trinajstić information content (AvgIpc) is 2.45.